The topological polar surface area (TPSA) is 55.4 Å². The number of esters is 1. The third-order valence-corrected chi connectivity index (χ3v) is 10.1. The zero-order chi connectivity index (χ0) is 23.8. The van der Waals surface area contributed by atoms with Gasteiger partial charge < -0.3 is 10.1 Å². The Kier molecular flexibility index (Phi) is 7.51. The minimum atomic E-state index is -2.73. The first-order valence-corrected chi connectivity index (χ1v) is 13.1. The molecule has 0 aliphatic heterocycles. The lowest BCUT2D eigenvalue weighted by Gasteiger charge is -2.33. The summed E-state index contributed by atoms with van der Waals surface area (Å²) in [6.07, 6.45) is 0. The third-order valence-electron chi connectivity index (χ3n) is 5.69. The molecule has 0 saturated carbocycles. The predicted molar refractivity (Wildman–Crippen MR) is 139 cm³/mol. The molecule has 0 aromatic heterocycles. The summed E-state index contributed by atoms with van der Waals surface area (Å²) in [7, 11) is -2.73. The molecule has 1 N–H and O–H groups in total. The average molecular weight is 469 g/mol. The minimum Gasteiger partial charge on any atom is -0.462 e. The number of hydrogen-bond acceptors (Lipinski definition) is 3. The summed E-state index contributed by atoms with van der Waals surface area (Å²) in [5.41, 5.74) is 0.490. The van der Waals surface area contributed by atoms with E-state index in [1.807, 2.05) is 109 Å². The van der Waals surface area contributed by atoms with Gasteiger partial charge in [0.15, 0.2) is 0 Å². The van der Waals surface area contributed by atoms with E-state index in [-0.39, 0.29) is 12.5 Å². The number of carbonyl (C=O) groups is 2. The second-order valence-electron chi connectivity index (χ2n) is 7.72. The van der Waals surface area contributed by atoms with Gasteiger partial charge in [0.25, 0.3) is 11.7 Å². The largest absolute Gasteiger partial charge is 0.462 e. The lowest BCUT2D eigenvalue weighted by atomic mass is 10.2. The fraction of sp³-hybridized carbons (Fsp3) is 0.103. The van der Waals surface area contributed by atoms with Gasteiger partial charge in [0.1, 0.15) is 23.2 Å². The molecule has 0 fully saturated rings. The van der Waals surface area contributed by atoms with E-state index in [4.69, 9.17) is 4.74 Å². The van der Waals surface area contributed by atoms with Crippen LogP contribution in [0, 0.1) is 0 Å². The molecular weight excluding hydrogens is 441 g/mol. The third kappa shape index (κ3) is 4.64. The van der Waals surface area contributed by atoms with Crippen molar-refractivity contribution in [3.05, 3.63) is 127 Å². The Morgan fingerprint density at radius 3 is 1.44 bits per heavy atom. The summed E-state index contributed by atoms with van der Waals surface area (Å²) >= 11 is 0. The molecule has 4 aromatic rings. The van der Waals surface area contributed by atoms with Gasteiger partial charge in [-0.2, -0.15) is 0 Å². The molecule has 4 rings (SSSR count). The zero-order valence-corrected chi connectivity index (χ0v) is 19.9. The van der Waals surface area contributed by atoms with Crippen LogP contribution in [0.4, 0.5) is 0 Å². The summed E-state index contributed by atoms with van der Waals surface area (Å²) in [5.74, 6) is -1.67. The van der Waals surface area contributed by atoms with E-state index in [1.165, 1.54) is 0 Å². The molecule has 4 nitrogen and oxygen atoms in total. The quantitative estimate of drug-likeness (QED) is 0.310. The monoisotopic (exact) mass is 468 g/mol. The molecule has 1 amide bonds. The van der Waals surface area contributed by atoms with Crippen LogP contribution < -0.4 is 21.2 Å². The molecule has 0 radical (unpaired) electrons. The minimum absolute atomic E-state index is 0.217. The average Bonchev–Trinajstić information content (AvgIpc) is 2.91. The first-order chi connectivity index (χ1) is 16.7. The van der Waals surface area contributed by atoms with Crippen LogP contribution in [0.3, 0.4) is 0 Å². The molecule has 0 aliphatic carbocycles. The van der Waals surface area contributed by atoms with Crippen LogP contribution in [-0.4, -0.2) is 24.3 Å². The SMILES string of the molecule is CCOC(=O)C(NC(=O)c1ccccc1)[P+](c1ccccc1)(c1ccccc1)c1ccccc1. The van der Waals surface area contributed by atoms with Gasteiger partial charge in [-0.1, -0.05) is 72.8 Å². The highest BCUT2D eigenvalue weighted by Crippen LogP contribution is 2.59. The Morgan fingerprint density at radius 2 is 1.06 bits per heavy atom. The molecule has 34 heavy (non-hydrogen) atoms. The Bertz CT molecular complexity index is 1120. The maximum atomic E-state index is 13.7. The second kappa shape index (κ2) is 10.9. The van der Waals surface area contributed by atoms with Crippen molar-refractivity contribution >= 4 is 35.1 Å². The van der Waals surface area contributed by atoms with Gasteiger partial charge in [0, 0.05) is 5.56 Å². The first kappa shape index (κ1) is 23.4. The number of ether oxygens (including phenoxy) is 1. The van der Waals surface area contributed by atoms with Crippen LogP contribution in [-0.2, 0) is 9.53 Å². The molecule has 0 heterocycles. The van der Waals surface area contributed by atoms with Crippen molar-refractivity contribution in [1.82, 2.24) is 5.32 Å². The van der Waals surface area contributed by atoms with E-state index >= 15 is 0 Å². The van der Waals surface area contributed by atoms with Gasteiger partial charge in [-0.05, 0) is 55.5 Å². The molecule has 0 aliphatic rings. The first-order valence-electron chi connectivity index (χ1n) is 11.3. The molecular formula is C29H27NO3P+. The lowest BCUT2D eigenvalue weighted by Crippen LogP contribution is -2.52. The van der Waals surface area contributed by atoms with Crippen molar-refractivity contribution in [3.63, 3.8) is 0 Å². The van der Waals surface area contributed by atoms with E-state index in [0.29, 0.717) is 5.56 Å². The van der Waals surface area contributed by atoms with Crippen molar-refractivity contribution in [2.24, 2.45) is 0 Å². The molecule has 0 bridgehead atoms. The van der Waals surface area contributed by atoms with Gasteiger partial charge in [-0.3, -0.25) is 4.79 Å². The fourth-order valence-electron chi connectivity index (χ4n) is 4.22. The standard InChI is InChI=1S/C29H26NO3P/c1-2-33-29(32)28(30-27(31)23-15-7-3-8-16-23)34(24-17-9-4-10-18-24,25-19-11-5-12-20-25)26-21-13-6-14-22-26/h3-22,28H,2H2,1H3/p+1. The fourth-order valence-corrected chi connectivity index (χ4v) is 8.63. The summed E-state index contributed by atoms with van der Waals surface area (Å²) in [4.78, 5) is 27.1. The van der Waals surface area contributed by atoms with Gasteiger partial charge in [0.2, 0.25) is 0 Å². The number of hydrogen-bond donors (Lipinski definition) is 1. The Balaban J connectivity index is 2.00. The van der Waals surface area contributed by atoms with Crippen molar-refractivity contribution < 1.29 is 14.3 Å². The summed E-state index contributed by atoms with van der Waals surface area (Å²) in [5, 5.41) is 6.05. The van der Waals surface area contributed by atoms with Crippen LogP contribution >= 0.6 is 7.26 Å². The van der Waals surface area contributed by atoms with Crippen molar-refractivity contribution in [1.29, 1.82) is 0 Å². The molecule has 5 heteroatoms. The highest BCUT2D eigenvalue weighted by Gasteiger charge is 2.57. The Hall–Kier alpha value is -3.75. The number of benzene rings is 4. The summed E-state index contributed by atoms with van der Waals surface area (Å²) in [6, 6.07) is 38.9. The molecule has 4 aromatic carbocycles. The summed E-state index contributed by atoms with van der Waals surface area (Å²) < 4.78 is 5.59. The second-order valence-corrected chi connectivity index (χ2v) is 11.2. The van der Waals surface area contributed by atoms with Crippen molar-refractivity contribution in [2.75, 3.05) is 6.61 Å². The molecule has 0 spiro atoms. The van der Waals surface area contributed by atoms with Crippen LogP contribution in [0.15, 0.2) is 121 Å². The van der Waals surface area contributed by atoms with Crippen LogP contribution in [0.5, 0.6) is 0 Å². The predicted octanol–water partition coefficient (Wildman–Crippen LogP) is 4.30. The molecule has 0 saturated heterocycles. The number of amides is 1. The highest BCUT2D eigenvalue weighted by atomic mass is 31.2. The Morgan fingerprint density at radius 1 is 0.676 bits per heavy atom. The Labute approximate surface area is 200 Å². The molecule has 170 valence electrons. The van der Waals surface area contributed by atoms with E-state index < -0.39 is 19.0 Å². The van der Waals surface area contributed by atoms with E-state index in [2.05, 4.69) is 5.32 Å². The molecule has 1 atom stereocenters. The summed E-state index contributed by atoms with van der Waals surface area (Å²) in [6.45, 7) is 2.00. The lowest BCUT2D eigenvalue weighted by molar-refractivity contribution is -0.143. The maximum absolute atomic E-state index is 13.7. The van der Waals surface area contributed by atoms with E-state index in [9.17, 15) is 9.59 Å². The van der Waals surface area contributed by atoms with E-state index in [1.54, 1.807) is 19.1 Å². The highest BCUT2D eigenvalue weighted by molar-refractivity contribution is 7.96. The van der Waals surface area contributed by atoms with Crippen LogP contribution in [0.2, 0.25) is 0 Å². The van der Waals surface area contributed by atoms with Crippen LogP contribution in [0.1, 0.15) is 17.3 Å². The smallest absolute Gasteiger partial charge is 0.369 e. The van der Waals surface area contributed by atoms with Gasteiger partial charge >= 0.3 is 5.97 Å². The number of rotatable bonds is 8. The van der Waals surface area contributed by atoms with Gasteiger partial charge in [-0.25, -0.2) is 4.79 Å². The normalized spacial score (nSPS) is 11.9. The maximum Gasteiger partial charge on any atom is 0.369 e. The zero-order valence-electron chi connectivity index (χ0n) is 19.0. The van der Waals surface area contributed by atoms with Gasteiger partial charge in [-0.15, -0.1) is 0 Å². The van der Waals surface area contributed by atoms with Crippen LogP contribution in [0.25, 0.3) is 0 Å². The van der Waals surface area contributed by atoms with Crippen molar-refractivity contribution in [3.8, 4) is 0 Å². The van der Waals surface area contributed by atoms with E-state index in [0.717, 1.165) is 15.9 Å². The van der Waals surface area contributed by atoms with Gasteiger partial charge in [0.05, 0.1) is 6.61 Å². The number of nitrogens with one attached hydrogen (secondary N) is 1. The van der Waals surface area contributed by atoms with Crippen molar-refractivity contribution in [2.45, 2.75) is 12.7 Å². The molecule has 1 unspecified atom stereocenters. The number of carbonyl (C=O) groups excluding carboxylic acids is 2.